The summed E-state index contributed by atoms with van der Waals surface area (Å²) >= 11 is 6.21. The molecule has 0 radical (unpaired) electrons. The number of rotatable bonds is 5. The molecule has 3 aromatic rings. The van der Waals surface area contributed by atoms with E-state index in [1.165, 1.54) is 18.2 Å². The quantitative estimate of drug-likeness (QED) is 0.750. The number of ether oxygens (including phenoxy) is 1. The first-order chi connectivity index (χ1) is 11.5. The minimum Gasteiger partial charge on any atom is -0.482 e. The molecule has 122 valence electrons. The van der Waals surface area contributed by atoms with Gasteiger partial charge in [-0.15, -0.1) is 0 Å². The fourth-order valence-corrected chi connectivity index (χ4v) is 2.26. The summed E-state index contributed by atoms with van der Waals surface area (Å²) in [5.74, 6) is -0.914. The second-order valence-electron chi connectivity index (χ2n) is 4.88. The number of hydrogen-bond donors (Lipinski definition) is 1. The standard InChI is InChI=1S/C17H11ClFNO4/c18-13(17-20-14-8-11(19)4-5-15(14)24-17)7-10-2-1-3-12(6-10)23-9-16(21)22/h1-8H,9H2,(H,21,22)/b13-7-. The summed E-state index contributed by atoms with van der Waals surface area (Å²) in [7, 11) is 0. The molecule has 24 heavy (non-hydrogen) atoms. The molecule has 5 nitrogen and oxygen atoms in total. The number of nitrogens with zero attached hydrogens (tertiary/aromatic N) is 1. The number of aromatic nitrogens is 1. The summed E-state index contributed by atoms with van der Waals surface area (Å²) in [6, 6.07) is 10.7. The number of benzene rings is 2. The van der Waals surface area contributed by atoms with E-state index in [9.17, 15) is 9.18 Å². The molecule has 3 rings (SSSR count). The lowest BCUT2D eigenvalue weighted by Crippen LogP contribution is -2.09. The minimum atomic E-state index is -1.06. The van der Waals surface area contributed by atoms with Crippen molar-refractivity contribution in [2.45, 2.75) is 0 Å². The van der Waals surface area contributed by atoms with Crippen molar-refractivity contribution in [1.82, 2.24) is 4.98 Å². The summed E-state index contributed by atoms with van der Waals surface area (Å²) in [6.45, 7) is -0.433. The van der Waals surface area contributed by atoms with Crippen molar-refractivity contribution in [2.24, 2.45) is 0 Å². The Hall–Kier alpha value is -2.86. The highest BCUT2D eigenvalue weighted by molar-refractivity contribution is 6.50. The molecule has 2 aromatic carbocycles. The second kappa shape index (κ2) is 6.72. The number of carboxylic acid groups (broad SMARTS) is 1. The third kappa shape index (κ3) is 3.72. The smallest absolute Gasteiger partial charge is 0.341 e. The normalized spacial score (nSPS) is 11.7. The lowest BCUT2D eigenvalue weighted by Gasteiger charge is -2.03. The number of carboxylic acids is 1. The molecule has 0 aliphatic carbocycles. The third-order valence-electron chi connectivity index (χ3n) is 3.07. The highest BCUT2D eigenvalue weighted by Gasteiger charge is 2.10. The van der Waals surface area contributed by atoms with E-state index >= 15 is 0 Å². The van der Waals surface area contributed by atoms with E-state index < -0.39 is 18.4 Å². The van der Waals surface area contributed by atoms with Crippen molar-refractivity contribution >= 4 is 39.8 Å². The molecule has 7 heteroatoms. The molecular formula is C17H11ClFNO4. The van der Waals surface area contributed by atoms with E-state index in [1.807, 2.05) is 0 Å². The fourth-order valence-electron chi connectivity index (χ4n) is 2.05. The van der Waals surface area contributed by atoms with E-state index in [2.05, 4.69) is 4.98 Å². The first-order valence-corrected chi connectivity index (χ1v) is 7.27. The fraction of sp³-hybridized carbons (Fsp3) is 0.0588. The van der Waals surface area contributed by atoms with E-state index in [1.54, 1.807) is 30.3 Å². The maximum atomic E-state index is 13.2. The molecule has 0 amide bonds. The Morgan fingerprint density at radius 2 is 2.17 bits per heavy atom. The van der Waals surface area contributed by atoms with Crippen LogP contribution in [0.1, 0.15) is 11.5 Å². The highest BCUT2D eigenvalue weighted by atomic mass is 35.5. The Morgan fingerprint density at radius 3 is 2.96 bits per heavy atom. The van der Waals surface area contributed by atoms with Gasteiger partial charge in [-0.05, 0) is 35.9 Å². The van der Waals surface area contributed by atoms with Crippen LogP contribution in [0, 0.1) is 5.82 Å². The summed E-state index contributed by atoms with van der Waals surface area (Å²) < 4.78 is 23.8. The van der Waals surface area contributed by atoms with Crippen LogP contribution in [-0.2, 0) is 4.79 Å². The van der Waals surface area contributed by atoms with Crippen molar-refractivity contribution in [3.63, 3.8) is 0 Å². The molecule has 0 spiro atoms. The van der Waals surface area contributed by atoms with Gasteiger partial charge in [-0.25, -0.2) is 14.2 Å². The molecule has 1 N–H and O–H groups in total. The zero-order valence-corrected chi connectivity index (χ0v) is 13.0. The van der Waals surface area contributed by atoms with Crippen molar-refractivity contribution in [2.75, 3.05) is 6.61 Å². The van der Waals surface area contributed by atoms with Gasteiger partial charge < -0.3 is 14.3 Å². The predicted molar refractivity (Wildman–Crippen MR) is 87.3 cm³/mol. The van der Waals surface area contributed by atoms with Gasteiger partial charge in [0.15, 0.2) is 12.2 Å². The first kappa shape index (κ1) is 16.0. The van der Waals surface area contributed by atoms with Crippen LogP contribution in [0.3, 0.4) is 0 Å². The van der Waals surface area contributed by atoms with Crippen molar-refractivity contribution in [3.05, 3.63) is 59.7 Å². The number of aliphatic carboxylic acids is 1. The van der Waals surface area contributed by atoms with Crippen LogP contribution < -0.4 is 4.74 Å². The zero-order chi connectivity index (χ0) is 17.1. The van der Waals surface area contributed by atoms with Gasteiger partial charge in [-0.3, -0.25) is 0 Å². The number of halogens is 2. The van der Waals surface area contributed by atoms with Gasteiger partial charge in [0.1, 0.15) is 22.1 Å². The number of hydrogen-bond acceptors (Lipinski definition) is 4. The maximum Gasteiger partial charge on any atom is 0.341 e. The Balaban J connectivity index is 1.86. The molecule has 0 fully saturated rings. The molecule has 1 heterocycles. The molecule has 0 aliphatic rings. The molecule has 0 bridgehead atoms. The van der Waals surface area contributed by atoms with E-state index in [0.717, 1.165) is 0 Å². The topological polar surface area (TPSA) is 72.6 Å². The van der Waals surface area contributed by atoms with Gasteiger partial charge in [0.2, 0.25) is 5.89 Å². The predicted octanol–water partition coefficient (Wildman–Crippen LogP) is 4.17. The third-order valence-corrected chi connectivity index (χ3v) is 3.34. The number of oxazole rings is 1. The average Bonchev–Trinajstić information content (AvgIpc) is 2.96. The summed E-state index contributed by atoms with van der Waals surface area (Å²) in [5.41, 5.74) is 1.47. The van der Waals surface area contributed by atoms with Crippen LogP contribution in [0.5, 0.6) is 5.75 Å². The molecule has 0 atom stereocenters. The summed E-state index contributed by atoms with van der Waals surface area (Å²) in [5, 5.41) is 8.85. The van der Waals surface area contributed by atoms with Crippen molar-refractivity contribution < 1.29 is 23.4 Å². The van der Waals surface area contributed by atoms with E-state index in [4.69, 9.17) is 25.9 Å². The van der Waals surface area contributed by atoms with Gasteiger partial charge in [0.25, 0.3) is 0 Å². The van der Waals surface area contributed by atoms with Gasteiger partial charge in [-0.2, -0.15) is 0 Å². The van der Waals surface area contributed by atoms with Crippen molar-refractivity contribution in [3.8, 4) is 5.75 Å². The molecule has 0 aliphatic heterocycles. The lowest BCUT2D eigenvalue weighted by molar-refractivity contribution is -0.139. The molecule has 0 saturated carbocycles. The highest BCUT2D eigenvalue weighted by Crippen LogP contribution is 2.27. The van der Waals surface area contributed by atoms with Crippen LogP contribution in [0.25, 0.3) is 22.2 Å². The molecule has 0 unspecified atom stereocenters. The maximum absolute atomic E-state index is 13.2. The average molecular weight is 348 g/mol. The molecule has 1 aromatic heterocycles. The Labute approximate surface area is 140 Å². The van der Waals surface area contributed by atoms with E-state index in [0.29, 0.717) is 22.4 Å². The zero-order valence-electron chi connectivity index (χ0n) is 12.2. The van der Waals surface area contributed by atoms with Gasteiger partial charge in [0, 0.05) is 6.07 Å². The summed E-state index contributed by atoms with van der Waals surface area (Å²) in [4.78, 5) is 14.7. The second-order valence-corrected chi connectivity index (χ2v) is 5.29. The lowest BCUT2D eigenvalue weighted by atomic mass is 10.2. The van der Waals surface area contributed by atoms with Crippen molar-refractivity contribution in [1.29, 1.82) is 0 Å². The largest absolute Gasteiger partial charge is 0.482 e. The first-order valence-electron chi connectivity index (χ1n) is 6.89. The van der Waals surface area contributed by atoms with Crippen LogP contribution >= 0.6 is 11.6 Å². The minimum absolute atomic E-state index is 0.161. The number of carbonyl (C=O) groups is 1. The van der Waals surface area contributed by atoms with Crippen LogP contribution in [0.4, 0.5) is 4.39 Å². The molecule has 0 saturated heterocycles. The SMILES string of the molecule is O=C(O)COc1cccc(/C=C(\Cl)c2nc3cc(F)ccc3o2)c1. The Morgan fingerprint density at radius 1 is 1.33 bits per heavy atom. The van der Waals surface area contributed by atoms with Crippen LogP contribution in [0.15, 0.2) is 46.9 Å². The Bertz CT molecular complexity index is 935. The van der Waals surface area contributed by atoms with Gasteiger partial charge in [0.05, 0.1) is 0 Å². The van der Waals surface area contributed by atoms with Crippen LogP contribution in [-0.4, -0.2) is 22.7 Å². The van der Waals surface area contributed by atoms with Crippen LogP contribution in [0.2, 0.25) is 0 Å². The Kier molecular flexibility index (Phi) is 4.48. The molecular weight excluding hydrogens is 337 g/mol. The number of fused-ring (bicyclic) bond motifs is 1. The van der Waals surface area contributed by atoms with E-state index in [-0.39, 0.29) is 10.9 Å². The monoisotopic (exact) mass is 347 g/mol. The van der Waals surface area contributed by atoms with Gasteiger partial charge >= 0.3 is 5.97 Å². The summed E-state index contributed by atoms with van der Waals surface area (Å²) in [6.07, 6.45) is 1.59. The van der Waals surface area contributed by atoms with Gasteiger partial charge in [-0.1, -0.05) is 23.7 Å².